The summed E-state index contributed by atoms with van der Waals surface area (Å²) < 4.78 is 61.6. The van der Waals surface area contributed by atoms with Crippen molar-refractivity contribution in [3.05, 3.63) is 54.2 Å². The summed E-state index contributed by atoms with van der Waals surface area (Å²) in [5.74, 6) is -0.257. The number of pyridine rings is 1. The molecule has 0 aliphatic carbocycles. The van der Waals surface area contributed by atoms with Crippen LogP contribution in [0.5, 0.6) is 0 Å². The SMILES string of the molecule is O=S(=O)(CCNc1cccc(C(F)(F)F)n1)c1ccccc1. The van der Waals surface area contributed by atoms with Gasteiger partial charge in [0.1, 0.15) is 11.5 Å². The van der Waals surface area contributed by atoms with Crippen LogP contribution in [0.1, 0.15) is 5.69 Å². The van der Waals surface area contributed by atoms with Gasteiger partial charge in [0.05, 0.1) is 10.6 Å². The number of rotatable bonds is 5. The number of nitrogens with one attached hydrogen (secondary N) is 1. The Morgan fingerprint density at radius 3 is 2.32 bits per heavy atom. The summed E-state index contributed by atoms with van der Waals surface area (Å²) in [7, 11) is -3.48. The summed E-state index contributed by atoms with van der Waals surface area (Å²) >= 11 is 0. The standard InChI is InChI=1S/C14H13F3N2O2S/c15-14(16,17)12-7-4-8-13(19-12)18-9-10-22(20,21)11-5-2-1-3-6-11/h1-8H,9-10H2,(H,18,19). The molecule has 0 radical (unpaired) electrons. The van der Waals surface area contributed by atoms with E-state index in [-0.39, 0.29) is 23.0 Å². The molecule has 1 aromatic carbocycles. The Labute approximate surface area is 125 Å². The maximum atomic E-state index is 12.5. The Morgan fingerprint density at radius 1 is 1.00 bits per heavy atom. The van der Waals surface area contributed by atoms with Crippen LogP contribution in [-0.2, 0) is 16.0 Å². The van der Waals surface area contributed by atoms with Crippen LogP contribution in [0.4, 0.5) is 19.0 Å². The van der Waals surface area contributed by atoms with E-state index in [0.29, 0.717) is 0 Å². The van der Waals surface area contributed by atoms with Crippen molar-refractivity contribution in [3.8, 4) is 0 Å². The molecule has 1 heterocycles. The number of aromatic nitrogens is 1. The Kier molecular flexibility index (Phi) is 4.70. The number of halogens is 3. The molecular weight excluding hydrogens is 317 g/mol. The summed E-state index contributed by atoms with van der Waals surface area (Å²) in [6.45, 7) is -0.0362. The first-order chi connectivity index (χ1) is 10.3. The fourth-order valence-electron chi connectivity index (χ4n) is 1.75. The zero-order valence-electron chi connectivity index (χ0n) is 11.3. The van der Waals surface area contributed by atoms with Crippen molar-refractivity contribution >= 4 is 15.7 Å². The summed E-state index contributed by atoms with van der Waals surface area (Å²) in [6, 6.07) is 11.3. The highest BCUT2D eigenvalue weighted by atomic mass is 32.2. The van der Waals surface area contributed by atoms with Gasteiger partial charge < -0.3 is 5.32 Å². The lowest BCUT2D eigenvalue weighted by atomic mass is 10.3. The molecule has 8 heteroatoms. The second-order valence-electron chi connectivity index (χ2n) is 4.46. The van der Waals surface area contributed by atoms with Crippen molar-refractivity contribution in [3.63, 3.8) is 0 Å². The molecule has 1 aromatic heterocycles. The van der Waals surface area contributed by atoms with Gasteiger partial charge in [0.25, 0.3) is 0 Å². The van der Waals surface area contributed by atoms with E-state index in [4.69, 9.17) is 0 Å². The maximum Gasteiger partial charge on any atom is 0.433 e. The van der Waals surface area contributed by atoms with E-state index >= 15 is 0 Å². The van der Waals surface area contributed by atoms with Gasteiger partial charge in [0, 0.05) is 6.54 Å². The lowest BCUT2D eigenvalue weighted by Gasteiger charge is -2.10. The van der Waals surface area contributed by atoms with Crippen LogP contribution >= 0.6 is 0 Å². The molecule has 1 N–H and O–H groups in total. The van der Waals surface area contributed by atoms with E-state index in [1.807, 2.05) is 0 Å². The molecule has 0 aliphatic rings. The molecule has 0 saturated carbocycles. The van der Waals surface area contributed by atoms with Gasteiger partial charge in [-0.05, 0) is 24.3 Å². The molecule has 0 saturated heterocycles. The first-order valence-corrected chi connectivity index (χ1v) is 8.00. The zero-order valence-corrected chi connectivity index (χ0v) is 12.2. The third-order valence-electron chi connectivity index (χ3n) is 2.82. The molecule has 22 heavy (non-hydrogen) atoms. The predicted octanol–water partition coefficient (Wildman–Crippen LogP) is 2.99. The zero-order chi connectivity index (χ0) is 16.2. The van der Waals surface area contributed by atoms with E-state index in [0.717, 1.165) is 6.07 Å². The Hall–Kier alpha value is -2.09. The van der Waals surface area contributed by atoms with Gasteiger partial charge in [0.15, 0.2) is 9.84 Å². The summed E-state index contributed by atoms with van der Waals surface area (Å²) in [6.07, 6.45) is -4.53. The topological polar surface area (TPSA) is 59.1 Å². The molecule has 0 fully saturated rings. The van der Waals surface area contributed by atoms with Crippen molar-refractivity contribution < 1.29 is 21.6 Å². The van der Waals surface area contributed by atoms with Crippen LogP contribution in [0.25, 0.3) is 0 Å². The fourth-order valence-corrected chi connectivity index (χ4v) is 2.93. The van der Waals surface area contributed by atoms with E-state index < -0.39 is 21.7 Å². The van der Waals surface area contributed by atoms with Gasteiger partial charge in [-0.1, -0.05) is 24.3 Å². The number of anilines is 1. The number of nitrogens with zero attached hydrogens (tertiary/aromatic N) is 1. The van der Waals surface area contributed by atoms with Crippen molar-refractivity contribution in [2.75, 3.05) is 17.6 Å². The van der Waals surface area contributed by atoms with Gasteiger partial charge >= 0.3 is 6.18 Å². The van der Waals surface area contributed by atoms with E-state index in [1.165, 1.54) is 24.3 Å². The molecule has 0 unspecified atom stereocenters. The second-order valence-corrected chi connectivity index (χ2v) is 6.57. The van der Waals surface area contributed by atoms with Crippen molar-refractivity contribution in [1.29, 1.82) is 0 Å². The first-order valence-electron chi connectivity index (χ1n) is 6.35. The van der Waals surface area contributed by atoms with Crippen LogP contribution in [0, 0.1) is 0 Å². The van der Waals surface area contributed by atoms with Crippen molar-refractivity contribution in [1.82, 2.24) is 4.98 Å². The normalized spacial score (nSPS) is 12.1. The molecule has 4 nitrogen and oxygen atoms in total. The third kappa shape index (κ3) is 4.20. The van der Waals surface area contributed by atoms with Crippen molar-refractivity contribution in [2.45, 2.75) is 11.1 Å². The fraction of sp³-hybridized carbons (Fsp3) is 0.214. The van der Waals surface area contributed by atoms with Crippen LogP contribution in [0.15, 0.2) is 53.4 Å². The van der Waals surface area contributed by atoms with Crippen LogP contribution < -0.4 is 5.32 Å². The molecule has 0 spiro atoms. The Morgan fingerprint density at radius 2 is 1.68 bits per heavy atom. The molecule has 2 aromatic rings. The predicted molar refractivity (Wildman–Crippen MR) is 76.2 cm³/mol. The number of hydrogen-bond acceptors (Lipinski definition) is 4. The average Bonchev–Trinajstić information content (AvgIpc) is 2.47. The minimum atomic E-state index is -4.53. The van der Waals surface area contributed by atoms with E-state index in [2.05, 4.69) is 10.3 Å². The quantitative estimate of drug-likeness (QED) is 0.916. The van der Waals surface area contributed by atoms with Crippen LogP contribution in [0.2, 0.25) is 0 Å². The van der Waals surface area contributed by atoms with E-state index in [9.17, 15) is 21.6 Å². The largest absolute Gasteiger partial charge is 0.433 e. The minimum Gasteiger partial charge on any atom is -0.369 e. The molecule has 0 aliphatic heterocycles. The number of alkyl halides is 3. The van der Waals surface area contributed by atoms with Crippen molar-refractivity contribution in [2.24, 2.45) is 0 Å². The molecule has 2 rings (SSSR count). The highest BCUT2D eigenvalue weighted by Gasteiger charge is 2.32. The number of sulfone groups is 1. The summed E-state index contributed by atoms with van der Waals surface area (Å²) in [5, 5.41) is 2.59. The second kappa shape index (κ2) is 6.35. The summed E-state index contributed by atoms with van der Waals surface area (Å²) in [5.41, 5.74) is -1.02. The molecular formula is C14H13F3N2O2S. The Bertz CT molecular complexity index is 731. The van der Waals surface area contributed by atoms with E-state index in [1.54, 1.807) is 18.2 Å². The monoisotopic (exact) mass is 330 g/mol. The van der Waals surface area contributed by atoms with Crippen LogP contribution in [-0.4, -0.2) is 25.7 Å². The smallest absolute Gasteiger partial charge is 0.369 e. The highest BCUT2D eigenvalue weighted by Crippen LogP contribution is 2.28. The lowest BCUT2D eigenvalue weighted by Crippen LogP contribution is -2.17. The number of benzene rings is 1. The molecule has 0 bridgehead atoms. The first kappa shape index (κ1) is 16.3. The van der Waals surface area contributed by atoms with Crippen LogP contribution in [0.3, 0.4) is 0 Å². The van der Waals surface area contributed by atoms with Gasteiger partial charge in [-0.15, -0.1) is 0 Å². The lowest BCUT2D eigenvalue weighted by molar-refractivity contribution is -0.141. The van der Waals surface area contributed by atoms with Gasteiger partial charge in [-0.25, -0.2) is 13.4 Å². The summed E-state index contributed by atoms with van der Waals surface area (Å²) in [4.78, 5) is 3.58. The molecule has 118 valence electrons. The van der Waals surface area contributed by atoms with Gasteiger partial charge in [0.2, 0.25) is 0 Å². The minimum absolute atomic E-state index is 0.0157. The molecule has 0 amide bonds. The average molecular weight is 330 g/mol. The third-order valence-corrected chi connectivity index (χ3v) is 4.55. The number of hydrogen-bond donors (Lipinski definition) is 1. The molecule has 0 atom stereocenters. The highest BCUT2D eigenvalue weighted by molar-refractivity contribution is 7.91. The van der Waals surface area contributed by atoms with Gasteiger partial charge in [-0.3, -0.25) is 0 Å². The maximum absolute atomic E-state index is 12.5. The Balaban J connectivity index is 2.00. The van der Waals surface area contributed by atoms with Gasteiger partial charge in [-0.2, -0.15) is 13.2 Å².